The summed E-state index contributed by atoms with van der Waals surface area (Å²) in [6.07, 6.45) is 1.05. The Morgan fingerprint density at radius 2 is 2.11 bits per heavy atom. The number of para-hydroxylation sites is 1. The van der Waals surface area contributed by atoms with Gasteiger partial charge in [-0.1, -0.05) is 18.2 Å². The molecule has 2 rings (SSSR count). The number of halogens is 1. The SMILES string of the molecule is I.NC(=S)N(NC1=NCCCN1)c1ccccc1. The number of benzene rings is 1. The third-order valence-electron chi connectivity index (χ3n) is 2.35. The maximum atomic E-state index is 5.70. The van der Waals surface area contributed by atoms with E-state index in [0.717, 1.165) is 25.2 Å². The van der Waals surface area contributed by atoms with E-state index in [1.54, 1.807) is 5.01 Å². The van der Waals surface area contributed by atoms with Gasteiger partial charge in [-0.3, -0.25) is 10.4 Å². The van der Waals surface area contributed by atoms with Crippen molar-refractivity contribution in [1.82, 2.24) is 10.7 Å². The third kappa shape index (κ3) is 3.98. The van der Waals surface area contributed by atoms with Crippen molar-refractivity contribution in [2.24, 2.45) is 10.7 Å². The first-order chi connectivity index (χ1) is 8.27. The van der Waals surface area contributed by atoms with Crippen LogP contribution in [0.2, 0.25) is 0 Å². The molecule has 5 nitrogen and oxygen atoms in total. The molecule has 1 heterocycles. The van der Waals surface area contributed by atoms with Gasteiger partial charge < -0.3 is 11.1 Å². The second-order valence-electron chi connectivity index (χ2n) is 3.63. The van der Waals surface area contributed by atoms with Crippen LogP contribution in [-0.4, -0.2) is 24.2 Å². The van der Waals surface area contributed by atoms with Gasteiger partial charge in [-0.25, -0.2) is 5.01 Å². The van der Waals surface area contributed by atoms with Crippen LogP contribution < -0.4 is 21.5 Å². The number of thiocarbonyl (C=S) groups is 1. The van der Waals surface area contributed by atoms with E-state index in [9.17, 15) is 0 Å². The van der Waals surface area contributed by atoms with Crippen LogP contribution in [-0.2, 0) is 0 Å². The van der Waals surface area contributed by atoms with Crippen molar-refractivity contribution in [1.29, 1.82) is 0 Å². The summed E-state index contributed by atoms with van der Waals surface area (Å²) in [6.45, 7) is 1.72. The van der Waals surface area contributed by atoms with Crippen molar-refractivity contribution in [2.75, 3.05) is 18.1 Å². The summed E-state index contributed by atoms with van der Waals surface area (Å²) < 4.78 is 0. The molecule has 0 saturated heterocycles. The Kier molecular flexibility index (Phi) is 6.13. The number of hydrogen-bond acceptors (Lipinski definition) is 4. The average molecular weight is 377 g/mol. The van der Waals surface area contributed by atoms with Gasteiger partial charge in [0.15, 0.2) is 5.11 Å². The van der Waals surface area contributed by atoms with Crippen LogP contribution in [0.4, 0.5) is 5.69 Å². The maximum Gasteiger partial charge on any atom is 0.210 e. The molecule has 0 bridgehead atoms. The lowest BCUT2D eigenvalue weighted by Gasteiger charge is -2.26. The molecule has 18 heavy (non-hydrogen) atoms. The lowest BCUT2D eigenvalue weighted by Crippen LogP contribution is -2.54. The topological polar surface area (TPSA) is 65.7 Å². The molecule has 0 spiro atoms. The number of nitrogens with zero attached hydrogens (tertiary/aromatic N) is 2. The molecular formula is C11H16IN5S. The predicted molar refractivity (Wildman–Crippen MR) is 89.2 cm³/mol. The molecule has 0 aliphatic carbocycles. The number of guanidine groups is 1. The smallest absolute Gasteiger partial charge is 0.210 e. The number of anilines is 1. The average Bonchev–Trinajstić information content (AvgIpc) is 2.38. The van der Waals surface area contributed by atoms with E-state index in [-0.39, 0.29) is 29.1 Å². The first-order valence-electron chi connectivity index (χ1n) is 5.47. The minimum absolute atomic E-state index is 0. The molecule has 1 aliphatic heterocycles. The predicted octanol–water partition coefficient (Wildman–Crippen LogP) is 1.21. The monoisotopic (exact) mass is 377 g/mol. The van der Waals surface area contributed by atoms with Crippen LogP contribution in [0.5, 0.6) is 0 Å². The highest BCUT2D eigenvalue weighted by atomic mass is 127. The van der Waals surface area contributed by atoms with Gasteiger partial charge in [-0.05, 0) is 30.8 Å². The third-order valence-corrected chi connectivity index (χ3v) is 2.53. The molecule has 7 heteroatoms. The minimum Gasteiger partial charge on any atom is -0.374 e. The van der Waals surface area contributed by atoms with Gasteiger partial charge in [0.05, 0.1) is 5.69 Å². The number of hydrogen-bond donors (Lipinski definition) is 3. The Balaban J connectivity index is 0.00000162. The van der Waals surface area contributed by atoms with Gasteiger partial charge >= 0.3 is 0 Å². The van der Waals surface area contributed by atoms with Crippen molar-refractivity contribution >= 4 is 53.0 Å². The Labute approximate surface area is 129 Å². The number of nitrogens with two attached hydrogens (primary N) is 1. The summed E-state index contributed by atoms with van der Waals surface area (Å²) in [7, 11) is 0. The van der Waals surface area contributed by atoms with E-state index in [2.05, 4.69) is 15.7 Å². The second kappa shape index (κ2) is 7.37. The largest absolute Gasteiger partial charge is 0.374 e. The molecule has 0 amide bonds. The summed E-state index contributed by atoms with van der Waals surface area (Å²) in [5, 5.41) is 5.04. The molecule has 0 atom stereocenters. The van der Waals surface area contributed by atoms with E-state index in [0.29, 0.717) is 5.96 Å². The molecule has 0 fully saturated rings. The zero-order valence-corrected chi connectivity index (χ0v) is 12.9. The lowest BCUT2D eigenvalue weighted by molar-refractivity contribution is 0.708. The zero-order valence-electron chi connectivity index (χ0n) is 9.80. The van der Waals surface area contributed by atoms with Gasteiger partial charge in [0, 0.05) is 13.1 Å². The Hall–Kier alpha value is -1.09. The molecule has 98 valence electrons. The van der Waals surface area contributed by atoms with E-state index in [1.807, 2.05) is 30.3 Å². The fourth-order valence-corrected chi connectivity index (χ4v) is 1.69. The molecule has 1 aromatic rings. The van der Waals surface area contributed by atoms with Crippen LogP contribution in [0, 0.1) is 0 Å². The summed E-state index contributed by atoms with van der Waals surface area (Å²) in [6, 6.07) is 9.65. The molecule has 1 aromatic carbocycles. The summed E-state index contributed by atoms with van der Waals surface area (Å²) in [5.41, 5.74) is 9.66. The highest BCUT2D eigenvalue weighted by molar-refractivity contribution is 14.0. The lowest BCUT2D eigenvalue weighted by atomic mass is 10.3. The summed E-state index contributed by atoms with van der Waals surface area (Å²) >= 11 is 5.03. The summed E-state index contributed by atoms with van der Waals surface area (Å²) in [4.78, 5) is 4.31. The molecule has 0 radical (unpaired) electrons. The first-order valence-corrected chi connectivity index (χ1v) is 5.88. The van der Waals surface area contributed by atoms with Crippen molar-refractivity contribution in [3.63, 3.8) is 0 Å². The van der Waals surface area contributed by atoms with Crippen molar-refractivity contribution in [3.05, 3.63) is 30.3 Å². The Morgan fingerprint density at radius 3 is 2.67 bits per heavy atom. The molecule has 1 aliphatic rings. The first kappa shape index (κ1) is 15.0. The molecular weight excluding hydrogens is 361 g/mol. The molecule has 0 aromatic heterocycles. The van der Waals surface area contributed by atoms with E-state index in [4.69, 9.17) is 18.0 Å². The van der Waals surface area contributed by atoms with Crippen LogP contribution in [0.25, 0.3) is 0 Å². The van der Waals surface area contributed by atoms with Crippen LogP contribution in [0.15, 0.2) is 35.3 Å². The van der Waals surface area contributed by atoms with Crippen LogP contribution in [0.1, 0.15) is 6.42 Å². The Morgan fingerprint density at radius 1 is 1.39 bits per heavy atom. The Bertz CT molecular complexity index is 423. The molecule has 0 saturated carbocycles. The second-order valence-corrected chi connectivity index (χ2v) is 4.05. The highest BCUT2D eigenvalue weighted by Crippen LogP contribution is 2.10. The van der Waals surface area contributed by atoms with Crippen molar-refractivity contribution < 1.29 is 0 Å². The van der Waals surface area contributed by atoms with E-state index in [1.165, 1.54) is 0 Å². The van der Waals surface area contributed by atoms with Crippen LogP contribution in [0.3, 0.4) is 0 Å². The quantitative estimate of drug-likeness (QED) is 0.390. The van der Waals surface area contributed by atoms with Crippen LogP contribution >= 0.6 is 36.2 Å². The fourth-order valence-electron chi connectivity index (χ4n) is 1.54. The van der Waals surface area contributed by atoms with E-state index < -0.39 is 0 Å². The summed E-state index contributed by atoms with van der Waals surface area (Å²) in [5.74, 6) is 0.702. The van der Waals surface area contributed by atoms with Gasteiger partial charge in [0.25, 0.3) is 0 Å². The standard InChI is InChI=1S/C11H15N5S.HI/c12-10(17)16(9-5-2-1-3-6-9)15-11-13-7-4-8-14-11;/h1-3,5-6H,4,7-8H2,(H2,12,17)(H2,13,14,15);1H. The van der Waals surface area contributed by atoms with E-state index >= 15 is 0 Å². The highest BCUT2D eigenvalue weighted by Gasteiger charge is 2.12. The van der Waals surface area contributed by atoms with Gasteiger partial charge in [0.2, 0.25) is 5.96 Å². The van der Waals surface area contributed by atoms with Gasteiger partial charge in [0.1, 0.15) is 0 Å². The maximum absolute atomic E-state index is 5.70. The minimum atomic E-state index is 0. The number of rotatable bonds is 1. The normalized spacial score (nSPS) is 13.7. The number of hydrazine groups is 1. The van der Waals surface area contributed by atoms with Crippen molar-refractivity contribution in [2.45, 2.75) is 6.42 Å². The zero-order chi connectivity index (χ0) is 12.1. The number of aliphatic imine (C=N–C) groups is 1. The van der Waals surface area contributed by atoms with Gasteiger partial charge in [-0.2, -0.15) is 0 Å². The van der Waals surface area contributed by atoms with Crippen molar-refractivity contribution in [3.8, 4) is 0 Å². The molecule has 0 unspecified atom stereocenters. The number of nitrogens with one attached hydrogen (secondary N) is 2. The fraction of sp³-hybridized carbons (Fsp3) is 0.273. The van der Waals surface area contributed by atoms with Gasteiger partial charge in [-0.15, -0.1) is 24.0 Å². The molecule has 4 N–H and O–H groups in total.